The highest BCUT2D eigenvalue weighted by Crippen LogP contribution is 2.18. The van der Waals surface area contributed by atoms with Crippen molar-refractivity contribution in [2.24, 2.45) is 0 Å². The van der Waals surface area contributed by atoms with E-state index in [1.165, 1.54) is 7.05 Å². The molecule has 0 aliphatic heterocycles. The first-order valence-corrected chi connectivity index (χ1v) is 5.92. The summed E-state index contributed by atoms with van der Waals surface area (Å²) in [5.74, 6) is 0. The summed E-state index contributed by atoms with van der Waals surface area (Å²) in [5, 5.41) is 9.47. The first-order valence-electron chi connectivity index (χ1n) is 4.44. The maximum Gasteiger partial charge on any atom is 0.276 e. The number of rotatable bonds is 3. The topological polar surface area (TPSA) is 78.4 Å². The minimum Gasteiger partial charge on any atom is -0.391 e. The van der Waals surface area contributed by atoms with Gasteiger partial charge in [0.25, 0.3) is 10.2 Å². The second kappa shape index (κ2) is 4.36. The van der Waals surface area contributed by atoms with Crippen molar-refractivity contribution in [2.75, 3.05) is 7.05 Å². The van der Waals surface area contributed by atoms with Crippen LogP contribution in [0.3, 0.4) is 0 Å². The highest BCUT2D eigenvalue weighted by atomic mass is 32.2. The van der Waals surface area contributed by atoms with Gasteiger partial charge in [0.05, 0.1) is 6.10 Å². The van der Waals surface area contributed by atoms with Gasteiger partial charge in [0.1, 0.15) is 0 Å². The Morgan fingerprint density at radius 3 is 2.46 bits per heavy atom. The van der Waals surface area contributed by atoms with Gasteiger partial charge in [0.2, 0.25) is 0 Å². The van der Waals surface area contributed by atoms with Crippen LogP contribution in [0.4, 0.5) is 0 Å². The van der Waals surface area contributed by atoms with Crippen LogP contribution in [0.25, 0.3) is 0 Å². The Morgan fingerprint density at radius 2 is 1.92 bits per heavy atom. The molecule has 6 heteroatoms. The van der Waals surface area contributed by atoms with E-state index in [0.717, 1.165) is 12.8 Å². The first-order chi connectivity index (χ1) is 6.05. The largest absolute Gasteiger partial charge is 0.391 e. The molecule has 0 radical (unpaired) electrons. The van der Waals surface area contributed by atoms with Gasteiger partial charge in [-0.3, -0.25) is 0 Å². The molecule has 0 aromatic rings. The van der Waals surface area contributed by atoms with E-state index in [-0.39, 0.29) is 6.04 Å². The fourth-order valence-corrected chi connectivity index (χ4v) is 2.30. The Morgan fingerprint density at radius 1 is 1.31 bits per heavy atom. The molecule has 13 heavy (non-hydrogen) atoms. The van der Waals surface area contributed by atoms with E-state index in [2.05, 4.69) is 9.44 Å². The van der Waals surface area contributed by atoms with Crippen molar-refractivity contribution in [3.8, 4) is 0 Å². The average molecular weight is 208 g/mol. The molecule has 1 rings (SSSR count). The summed E-state index contributed by atoms with van der Waals surface area (Å²) in [7, 11) is -2.07. The van der Waals surface area contributed by atoms with Crippen molar-refractivity contribution in [2.45, 2.75) is 37.8 Å². The number of aliphatic hydroxyl groups is 1. The number of hydrogen-bond donors (Lipinski definition) is 3. The minimum absolute atomic E-state index is 0.328. The van der Waals surface area contributed by atoms with Crippen molar-refractivity contribution < 1.29 is 13.5 Å². The Balaban J connectivity index is 2.52. The Hall–Kier alpha value is -0.170. The molecule has 78 valence electrons. The standard InChI is InChI=1S/C7H16N2O3S/c1-8-13(11,12)9-6-4-2-3-5-7(6)10/h6-10H,2-5H2,1H3. The second-order valence-corrected chi connectivity index (χ2v) is 4.93. The van der Waals surface area contributed by atoms with Crippen LogP contribution in [-0.2, 0) is 10.2 Å². The van der Waals surface area contributed by atoms with Crippen LogP contribution in [0, 0.1) is 0 Å². The van der Waals surface area contributed by atoms with Gasteiger partial charge in [-0.1, -0.05) is 12.8 Å². The number of hydrogen-bond acceptors (Lipinski definition) is 3. The predicted molar refractivity (Wildman–Crippen MR) is 49.4 cm³/mol. The van der Waals surface area contributed by atoms with E-state index in [4.69, 9.17) is 0 Å². The summed E-state index contributed by atoms with van der Waals surface area (Å²) in [4.78, 5) is 0. The summed E-state index contributed by atoms with van der Waals surface area (Å²) in [6.45, 7) is 0. The molecular weight excluding hydrogens is 192 g/mol. The molecule has 0 saturated heterocycles. The zero-order valence-electron chi connectivity index (χ0n) is 7.66. The maximum absolute atomic E-state index is 11.1. The summed E-state index contributed by atoms with van der Waals surface area (Å²) in [6.07, 6.45) is 2.78. The molecule has 2 atom stereocenters. The SMILES string of the molecule is CNS(=O)(=O)NC1CCCCC1O. The summed E-state index contributed by atoms with van der Waals surface area (Å²) in [5.41, 5.74) is 0. The normalized spacial score (nSPS) is 30.3. The fourth-order valence-electron chi connectivity index (χ4n) is 1.51. The molecule has 1 fully saturated rings. The van der Waals surface area contributed by atoms with Crippen molar-refractivity contribution >= 4 is 10.2 Å². The average Bonchev–Trinajstić information content (AvgIpc) is 2.09. The molecule has 0 spiro atoms. The van der Waals surface area contributed by atoms with Crippen molar-refractivity contribution in [1.82, 2.24) is 9.44 Å². The minimum atomic E-state index is -3.41. The van der Waals surface area contributed by atoms with Crippen LogP contribution in [0.2, 0.25) is 0 Å². The van der Waals surface area contributed by atoms with Gasteiger partial charge in [0, 0.05) is 13.1 Å². The third kappa shape index (κ3) is 3.22. The lowest BCUT2D eigenvalue weighted by molar-refractivity contribution is 0.101. The summed E-state index contributed by atoms with van der Waals surface area (Å²) < 4.78 is 26.7. The summed E-state index contributed by atoms with van der Waals surface area (Å²) in [6, 6.07) is -0.328. The van der Waals surface area contributed by atoms with Gasteiger partial charge in [-0.25, -0.2) is 4.72 Å². The van der Waals surface area contributed by atoms with Crippen molar-refractivity contribution in [3.05, 3.63) is 0 Å². The monoisotopic (exact) mass is 208 g/mol. The molecule has 0 aromatic heterocycles. The highest BCUT2D eigenvalue weighted by Gasteiger charge is 2.26. The lowest BCUT2D eigenvalue weighted by Gasteiger charge is -2.27. The molecule has 1 saturated carbocycles. The second-order valence-electron chi connectivity index (χ2n) is 3.28. The first kappa shape index (κ1) is 10.9. The van der Waals surface area contributed by atoms with Crippen LogP contribution < -0.4 is 9.44 Å². The van der Waals surface area contributed by atoms with E-state index >= 15 is 0 Å². The molecular formula is C7H16N2O3S. The molecule has 5 nitrogen and oxygen atoms in total. The molecule has 0 aromatic carbocycles. The number of aliphatic hydroxyl groups excluding tert-OH is 1. The lowest BCUT2D eigenvalue weighted by Crippen LogP contribution is -2.48. The van der Waals surface area contributed by atoms with Gasteiger partial charge in [-0.2, -0.15) is 13.1 Å². The van der Waals surface area contributed by atoms with Gasteiger partial charge >= 0.3 is 0 Å². The van der Waals surface area contributed by atoms with E-state index in [1.807, 2.05) is 0 Å². The quantitative estimate of drug-likeness (QED) is 0.576. The third-order valence-electron chi connectivity index (χ3n) is 2.30. The Labute approximate surface area is 78.7 Å². The number of nitrogens with one attached hydrogen (secondary N) is 2. The van der Waals surface area contributed by atoms with E-state index in [1.54, 1.807) is 0 Å². The van der Waals surface area contributed by atoms with Gasteiger partial charge in [-0.05, 0) is 12.8 Å². The molecule has 1 aliphatic carbocycles. The van der Waals surface area contributed by atoms with Crippen LogP contribution >= 0.6 is 0 Å². The molecule has 0 amide bonds. The molecule has 0 bridgehead atoms. The van der Waals surface area contributed by atoms with E-state index in [0.29, 0.717) is 12.8 Å². The fraction of sp³-hybridized carbons (Fsp3) is 1.00. The van der Waals surface area contributed by atoms with Crippen LogP contribution in [0.15, 0.2) is 0 Å². The molecule has 2 unspecified atom stereocenters. The Bertz CT molecular complexity index is 252. The highest BCUT2D eigenvalue weighted by molar-refractivity contribution is 7.87. The van der Waals surface area contributed by atoms with Crippen LogP contribution in [0.1, 0.15) is 25.7 Å². The Kier molecular flexibility index (Phi) is 3.66. The van der Waals surface area contributed by atoms with Gasteiger partial charge in [-0.15, -0.1) is 0 Å². The van der Waals surface area contributed by atoms with E-state index < -0.39 is 16.3 Å². The van der Waals surface area contributed by atoms with Crippen LogP contribution in [0.5, 0.6) is 0 Å². The smallest absolute Gasteiger partial charge is 0.276 e. The maximum atomic E-state index is 11.1. The zero-order chi connectivity index (χ0) is 9.90. The van der Waals surface area contributed by atoms with E-state index in [9.17, 15) is 13.5 Å². The molecule has 0 heterocycles. The van der Waals surface area contributed by atoms with Gasteiger partial charge in [0.15, 0.2) is 0 Å². The lowest BCUT2D eigenvalue weighted by atomic mass is 9.93. The van der Waals surface area contributed by atoms with Crippen LogP contribution in [-0.4, -0.2) is 32.7 Å². The van der Waals surface area contributed by atoms with Crippen molar-refractivity contribution in [1.29, 1.82) is 0 Å². The summed E-state index contributed by atoms with van der Waals surface area (Å²) >= 11 is 0. The molecule has 3 N–H and O–H groups in total. The molecule has 1 aliphatic rings. The zero-order valence-corrected chi connectivity index (χ0v) is 8.47. The predicted octanol–water partition coefficient (Wildman–Crippen LogP) is -0.656. The third-order valence-corrected chi connectivity index (χ3v) is 3.46. The van der Waals surface area contributed by atoms with Gasteiger partial charge < -0.3 is 5.11 Å². The van der Waals surface area contributed by atoms with Crippen molar-refractivity contribution in [3.63, 3.8) is 0 Å².